The summed E-state index contributed by atoms with van der Waals surface area (Å²) in [4.78, 5) is 11.4. The first-order valence-electron chi connectivity index (χ1n) is 9.12. The minimum atomic E-state index is 0. The molecule has 1 aliphatic rings. The van der Waals surface area contributed by atoms with Crippen LogP contribution in [-0.4, -0.2) is 36.6 Å². The Labute approximate surface area is 183 Å². The topological polar surface area (TPSA) is 52.6 Å². The summed E-state index contributed by atoms with van der Waals surface area (Å²) in [5.41, 5.74) is 2.52. The first-order valence-corrected chi connectivity index (χ1v) is 9.50. The molecule has 27 heavy (non-hydrogen) atoms. The average Bonchev–Trinajstić information content (AvgIpc) is 3.10. The number of pyridine rings is 1. The lowest BCUT2D eigenvalue weighted by atomic mass is 10.1. The minimum Gasteiger partial charge on any atom is -0.357 e. The van der Waals surface area contributed by atoms with Crippen LogP contribution in [0.1, 0.15) is 24.5 Å². The van der Waals surface area contributed by atoms with Gasteiger partial charge in [-0.1, -0.05) is 35.9 Å². The van der Waals surface area contributed by atoms with Crippen molar-refractivity contribution in [3.8, 4) is 0 Å². The number of aromatic nitrogens is 1. The summed E-state index contributed by atoms with van der Waals surface area (Å²) in [6.07, 6.45) is 2.82. The van der Waals surface area contributed by atoms with E-state index in [1.54, 1.807) is 6.20 Å². The SMILES string of the molecule is CCNC(=NCc1ccccc1C)NC1CCN(c2ncccc2Cl)C1.I. The van der Waals surface area contributed by atoms with Crippen LogP contribution in [0.4, 0.5) is 5.82 Å². The highest BCUT2D eigenvalue weighted by atomic mass is 127. The normalized spacial score (nSPS) is 16.8. The maximum absolute atomic E-state index is 6.28. The molecule has 146 valence electrons. The van der Waals surface area contributed by atoms with Gasteiger partial charge in [0.05, 0.1) is 11.6 Å². The lowest BCUT2D eigenvalue weighted by Crippen LogP contribution is -2.44. The summed E-state index contributed by atoms with van der Waals surface area (Å²) >= 11 is 6.28. The van der Waals surface area contributed by atoms with Crippen molar-refractivity contribution in [2.75, 3.05) is 24.5 Å². The molecule has 0 saturated carbocycles. The average molecular weight is 500 g/mol. The van der Waals surface area contributed by atoms with Crippen molar-refractivity contribution in [2.45, 2.75) is 32.9 Å². The number of anilines is 1. The summed E-state index contributed by atoms with van der Waals surface area (Å²) < 4.78 is 0. The molecule has 2 aromatic rings. The summed E-state index contributed by atoms with van der Waals surface area (Å²) in [5.74, 6) is 1.72. The molecule has 1 fully saturated rings. The van der Waals surface area contributed by atoms with Crippen LogP contribution in [0.3, 0.4) is 0 Å². The van der Waals surface area contributed by atoms with Crippen LogP contribution >= 0.6 is 35.6 Å². The molecular formula is C20H27ClIN5. The quantitative estimate of drug-likeness (QED) is 0.371. The number of nitrogens with zero attached hydrogens (tertiary/aromatic N) is 3. The van der Waals surface area contributed by atoms with Gasteiger partial charge in [-0.2, -0.15) is 0 Å². The lowest BCUT2D eigenvalue weighted by molar-refractivity contribution is 0.648. The molecule has 0 spiro atoms. The van der Waals surface area contributed by atoms with Crippen LogP contribution in [0.5, 0.6) is 0 Å². The Morgan fingerprint density at radius 3 is 2.85 bits per heavy atom. The smallest absolute Gasteiger partial charge is 0.191 e. The van der Waals surface area contributed by atoms with Crippen LogP contribution in [0.25, 0.3) is 0 Å². The first kappa shape index (κ1) is 21.8. The zero-order valence-electron chi connectivity index (χ0n) is 15.8. The fourth-order valence-corrected chi connectivity index (χ4v) is 3.39. The molecule has 1 aromatic heterocycles. The van der Waals surface area contributed by atoms with Gasteiger partial charge in [0.15, 0.2) is 5.96 Å². The van der Waals surface area contributed by atoms with Gasteiger partial charge < -0.3 is 15.5 Å². The van der Waals surface area contributed by atoms with Crippen LogP contribution < -0.4 is 15.5 Å². The van der Waals surface area contributed by atoms with E-state index in [-0.39, 0.29) is 24.0 Å². The predicted molar refractivity (Wildman–Crippen MR) is 124 cm³/mol. The number of halogens is 2. The second-order valence-corrected chi connectivity index (χ2v) is 6.91. The Morgan fingerprint density at radius 2 is 2.11 bits per heavy atom. The molecule has 0 amide bonds. The summed E-state index contributed by atoms with van der Waals surface area (Å²) in [6.45, 7) is 7.51. The van der Waals surface area contributed by atoms with Crippen LogP contribution in [0.15, 0.2) is 47.6 Å². The molecule has 1 atom stereocenters. The number of guanidine groups is 1. The molecule has 0 radical (unpaired) electrons. The predicted octanol–water partition coefficient (Wildman–Crippen LogP) is 4.00. The second kappa shape index (κ2) is 10.7. The maximum Gasteiger partial charge on any atom is 0.191 e. The van der Waals surface area contributed by atoms with E-state index in [1.807, 2.05) is 12.1 Å². The molecule has 1 unspecified atom stereocenters. The van der Waals surface area contributed by atoms with Gasteiger partial charge in [0, 0.05) is 31.9 Å². The number of nitrogens with one attached hydrogen (secondary N) is 2. The van der Waals surface area contributed by atoms with Gasteiger partial charge in [-0.25, -0.2) is 9.98 Å². The zero-order chi connectivity index (χ0) is 18.4. The molecule has 3 rings (SSSR count). The maximum atomic E-state index is 6.28. The van der Waals surface area contributed by atoms with Crippen molar-refractivity contribution in [2.24, 2.45) is 4.99 Å². The monoisotopic (exact) mass is 499 g/mol. The fourth-order valence-electron chi connectivity index (χ4n) is 3.15. The third-order valence-electron chi connectivity index (χ3n) is 4.58. The summed E-state index contributed by atoms with van der Waals surface area (Å²) in [6, 6.07) is 12.4. The van der Waals surface area contributed by atoms with Gasteiger partial charge in [0.2, 0.25) is 0 Å². The van der Waals surface area contributed by atoms with Crippen molar-refractivity contribution < 1.29 is 0 Å². The number of benzene rings is 1. The van der Waals surface area contributed by atoms with Crippen molar-refractivity contribution in [3.05, 3.63) is 58.7 Å². The minimum absolute atomic E-state index is 0. The van der Waals surface area contributed by atoms with Crippen LogP contribution in [0, 0.1) is 6.92 Å². The second-order valence-electron chi connectivity index (χ2n) is 6.51. The largest absolute Gasteiger partial charge is 0.357 e. The number of hydrogen-bond donors (Lipinski definition) is 2. The first-order chi connectivity index (χ1) is 12.7. The Hall–Kier alpha value is -1.54. The Balaban J connectivity index is 0.00000261. The van der Waals surface area contributed by atoms with Gasteiger partial charge in [-0.05, 0) is 43.5 Å². The van der Waals surface area contributed by atoms with Crippen LogP contribution in [-0.2, 0) is 6.54 Å². The summed E-state index contributed by atoms with van der Waals surface area (Å²) in [5, 5.41) is 7.60. The van der Waals surface area contributed by atoms with Gasteiger partial charge in [0.1, 0.15) is 5.82 Å². The van der Waals surface area contributed by atoms with E-state index < -0.39 is 0 Å². The zero-order valence-corrected chi connectivity index (χ0v) is 18.9. The van der Waals surface area contributed by atoms with E-state index in [4.69, 9.17) is 16.6 Å². The standard InChI is InChI=1S/C20H26ClN5.HI/c1-3-22-20(24-13-16-8-5-4-7-15(16)2)25-17-10-12-26(14-17)19-18(21)9-6-11-23-19;/h4-9,11,17H,3,10,12-14H2,1-2H3,(H2,22,24,25);1H. The van der Waals surface area contributed by atoms with Gasteiger partial charge in [-0.3, -0.25) is 0 Å². The van der Waals surface area contributed by atoms with Crippen molar-refractivity contribution in [1.82, 2.24) is 15.6 Å². The van der Waals surface area contributed by atoms with Gasteiger partial charge in [-0.15, -0.1) is 24.0 Å². The number of aryl methyl sites for hydroxylation is 1. The van der Waals surface area contributed by atoms with E-state index in [9.17, 15) is 0 Å². The Kier molecular flexibility index (Phi) is 8.63. The van der Waals surface area contributed by atoms with Crippen molar-refractivity contribution in [1.29, 1.82) is 0 Å². The molecule has 5 nitrogen and oxygen atoms in total. The number of hydrogen-bond acceptors (Lipinski definition) is 3. The molecular weight excluding hydrogens is 473 g/mol. The highest BCUT2D eigenvalue weighted by Gasteiger charge is 2.25. The molecule has 1 saturated heterocycles. The lowest BCUT2D eigenvalue weighted by Gasteiger charge is -2.20. The fraction of sp³-hybridized carbons (Fsp3) is 0.400. The Bertz CT molecular complexity index is 768. The van der Waals surface area contributed by atoms with E-state index in [2.05, 4.69) is 58.6 Å². The molecule has 7 heteroatoms. The molecule has 2 N–H and O–H groups in total. The highest BCUT2D eigenvalue weighted by molar-refractivity contribution is 14.0. The van der Waals surface area contributed by atoms with E-state index in [0.717, 1.165) is 37.8 Å². The van der Waals surface area contributed by atoms with E-state index in [1.165, 1.54) is 11.1 Å². The molecule has 0 aliphatic carbocycles. The van der Waals surface area contributed by atoms with Gasteiger partial charge >= 0.3 is 0 Å². The van der Waals surface area contributed by atoms with E-state index >= 15 is 0 Å². The molecule has 1 aromatic carbocycles. The third-order valence-corrected chi connectivity index (χ3v) is 4.88. The highest BCUT2D eigenvalue weighted by Crippen LogP contribution is 2.25. The van der Waals surface area contributed by atoms with E-state index in [0.29, 0.717) is 17.6 Å². The summed E-state index contributed by atoms with van der Waals surface area (Å²) in [7, 11) is 0. The van der Waals surface area contributed by atoms with Crippen molar-refractivity contribution >= 4 is 47.4 Å². The van der Waals surface area contributed by atoms with Crippen LogP contribution in [0.2, 0.25) is 5.02 Å². The number of aliphatic imine (C=N–C) groups is 1. The Morgan fingerprint density at radius 1 is 1.30 bits per heavy atom. The molecule has 2 heterocycles. The van der Waals surface area contributed by atoms with Crippen molar-refractivity contribution in [3.63, 3.8) is 0 Å². The number of rotatable bonds is 5. The van der Waals surface area contributed by atoms with Gasteiger partial charge in [0.25, 0.3) is 0 Å². The molecule has 1 aliphatic heterocycles. The third kappa shape index (κ3) is 5.97. The molecule has 0 bridgehead atoms.